The summed E-state index contributed by atoms with van der Waals surface area (Å²) in [7, 11) is 0. The third-order valence-corrected chi connectivity index (χ3v) is 3.92. The number of nitrogens with zero attached hydrogens (tertiary/aromatic N) is 2. The van der Waals surface area contributed by atoms with Gasteiger partial charge in [0.15, 0.2) is 0 Å². The van der Waals surface area contributed by atoms with E-state index in [2.05, 4.69) is 52.3 Å². The van der Waals surface area contributed by atoms with Crippen molar-refractivity contribution in [1.82, 2.24) is 4.90 Å². The average Bonchev–Trinajstić information content (AvgIpc) is 2.48. The van der Waals surface area contributed by atoms with Crippen LogP contribution in [0.1, 0.15) is 0 Å². The highest BCUT2D eigenvalue weighted by molar-refractivity contribution is 5.85. The third kappa shape index (κ3) is 2.72. The number of fused-ring (bicyclic) bond motifs is 1. The van der Waals surface area contributed by atoms with Crippen LogP contribution in [0.15, 0.2) is 42.5 Å². The number of hydrogen-bond acceptors (Lipinski definition) is 3. The van der Waals surface area contributed by atoms with Gasteiger partial charge in [0.1, 0.15) is 0 Å². The van der Waals surface area contributed by atoms with Gasteiger partial charge in [-0.05, 0) is 22.9 Å². The molecule has 0 aromatic heterocycles. The molecule has 3 rings (SSSR count). The second-order valence-electron chi connectivity index (χ2n) is 5.15. The van der Waals surface area contributed by atoms with E-state index in [0.29, 0.717) is 0 Å². The van der Waals surface area contributed by atoms with Crippen LogP contribution >= 0.6 is 0 Å². The molecule has 1 aliphatic heterocycles. The minimum atomic E-state index is 0.760. The molecule has 0 amide bonds. The Morgan fingerprint density at radius 3 is 2.37 bits per heavy atom. The first-order chi connectivity index (χ1) is 9.36. The van der Waals surface area contributed by atoms with E-state index in [-0.39, 0.29) is 0 Å². The molecular weight excluding hydrogens is 234 g/mol. The minimum Gasteiger partial charge on any atom is -0.369 e. The minimum absolute atomic E-state index is 0.760. The SMILES string of the molecule is NCCN1CCN(c2ccc3ccccc3c2)CC1. The fourth-order valence-corrected chi connectivity index (χ4v) is 2.79. The van der Waals surface area contributed by atoms with Crippen LogP contribution in [-0.2, 0) is 0 Å². The van der Waals surface area contributed by atoms with Crippen LogP contribution in [0.5, 0.6) is 0 Å². The number of anilines is 1. The Labute approximate surface area is 114 Å². The Hall–Kier alpha value is -1.58. The van der Waals surface area contributed by atoms with Gasteiger partial charge in [0.25, 0.3) is 0 Å². The van der Waals surface area contributed by atoms with Crippen molar-refractivity contribution in [2.75, 3.05) is 44.2 Å². The normalized spacial score (nSPS) is 17.0. The molecule has 2 aromatic carbocycles. The van der Waals surface area contributed by atoms with Gasteiger partial charge in [0, 0.05) is 45.0 Å². The van der Waals surface area contributed by atoms with Gasteiger partial charge in [-0.3, -0.25) is 4.90 Å². The number of nitrogens with two attached hydrogens (primary N) is 1. The van der Waals surface area contributed by atoms with E-state index < -0.39 is 0 Å². The lowest BCUT2D eigenvalue weighted by molar-refractivity contribution is 0.265. The first kappa shape index (κ1) is 12.5. The van der Waals surface area contributed by atoms with Crippen molar-refractivity contribution in [2.24, 2.45) is 5.73 Å². The Kier molecular flexibility index (Phi) is 3.67. The number of rotatable bonds is 3. The van der Waals surface area contributed by atoms with E-state index in [0.717, 1.165) is 39.3 Å². The van der Waals surface area contributed by atoms with Gasteiger partial charge in [-0.1, -0.05) is 30.3 Å². The molecule has 0 radical (unpaired) electrons. The maximum atomic E-state index is 5.61. The molecule has 0 spiro atoms. The monoisotopic (exact) mass is 255 g/mol. The molecule has 1 heterocycles. The van der Waals surface area contributed by atoms with E-state index in [1.54, 1.807) is 0 Å². The Morgan fingerprint density at radius 2 is 1.63 bits per heavy atom. The van der Waals surface area contributed by atoms with Crippen LogP contribution in [0.25, 0.3) is 10.8 Å². The smallest absolute Gasteiger partial charge is 0.0373 e. The highest BCUT2D eigenvalue weighted by atomic mass is 15.3. The number of hydrogen-bond donors (Lipinski definition) is 1. The predicted molar refractivity (Wildman–Crippen MR) is 81.7 cm³/mol. The quantitative estimate of drug-likeness (QED) is 0.909. The molecule has 2 aromatic rings. The summed E-state index contributed by atoms with van der Waals surface area (Å²) in [5, 5.41) is 2.64. The Morgan fingerprint density at radius 1 is 0.895 bits per heavy atom. The van der Waals surface area contributed by atoms with Crippen LogP contribution in [0.4, 0.5) is 5.69 Å². The molecule has 2 N–H and O–H groups in total. The van der Waals surface area contributed by atoms with Gasteiger partial charge >= 0.3 is 0 Å². The maximum absolute atomic E-state index is 5.61. The summed E-state index contributed by atoms with van der Waals surface area (Å²) < 4.78 is 0. The lowest BCUT2D eigenvalue weighted by atomic mass is 10.1. The summed E-state index contributed by atoms with van der Waals surface area (Å²) in [6.45, 7) is 6.20. The molecule has 1 fully saturated rings. The van der Waals surface area contributed by atoms with Crippen molar-refractivity contribution in [3.63, 3.8) is 0 Å². The fourth-order valence-electron chi connectivity index (χ4n) is 2.79. The van der Waals surface area contributed by atoms with Gasteiger partial charge in [-0.25, -0.2) is 0 Å². The van der Waals surface area contributed by atoms with Gasteiger partial charge in [0.2, 0.25) is 0 Å². The second-order valence-corrected chi connectivity index (χ2v) is 5.15. The largest absolute Gasteiger partial charge is 0.369 e. The summed E-state index contributed by atoms with van der Waals surface area (Å²) in [6, 6.07) is 15.3. The van der Waals surface area contributed by atoms with Crippen molar-refractivity contribution < 1.29 is 0 Å². The zero-order valence-electron chi connectivity index (χ0n) is 11.3. The van der Waals surface area contributed by atoms with Crippen LogP contribution in [0.2, 0.25) is 0 Å². The molecule has 0 aliphatic carbocycles. The zero-order valence-corrected chi connectivity index (χ0v) is 11.3. The first-order valence-corrected chi connectivity index (χ1v) is 7.03. The highest BCUT2D eigenvalue weighted by Crippen LogP contribution is 2.22. The van der Waals surface area contributed by atoms with Crippen LogP contribution < -0.4 is 10.6 Å². The van der Waals surface area contributed by atoms with Gasteiger partial charge in [-0.2, -0.15) is 0 Å². The van der Waals surface area contributed by atoms with Crippen LogP contribution in [-0.4, -0.2) is 44.2 Å². The van der Waals surface area contributed by atoms with Crippen LogP contribution in [0.3, 0.4) is 0 Å². The van der Waals surface area contributed by atoms with E-state index in [4.69, 9.17) is 5.73 Å². The van der Waals surface area contributed by atoms with Gasteiger partial charge in [0.05, 0.1) is 0 Å². The Balaban J connectivity index is 1.74. The summed E-state index contributed by atoms with van der Waals surface area (Å²) >= 11 is 0. The van der Waals surface area contributed by atoms with Crippen molar-refractivity contribution in [3.8, 4) is 0 Å². The van der Waals surface area contributed by atoms with Crippen molar-refractivity contribution >= 4 is 16.5 Å². The standard InChI is InChI=1S/C16H21N3/c17-7-8-18-9-11-19(12-10-18)16-6-5-14-3-1-2-4-15(14)13-16/h1-6,13H,7-12,17H2. The van der Waals surface area contributed by atoms with Crippen molar-refractivity contribution in [1.29, 1.82) is 0 Å². The zero-order chi connectivity index (χ0) is 13.1. The van der Waals surface area contributed by atoms with Crippen molar-refractivity contribution in [3.05, 3.63) is 42.5 Å². The molecule has 3 nitrogen and oxygen atoms in total. The van der Waals surface area contributed by atoms with E-state index in [1.807, 2.05) is 0 Å². The molecule has 1 saturated heterocycles. The summed E-state index contributed by atoms with van der Waals surface area (Å²) in [5.41, 5.74) is 6.95. The number of benzene rings is 2. The molecule has 0 atom stereocenters. The molecule has 19 heavy (non-hydrogen) atoms. The lowest BCUT2D eigenvalue weighted by Gasteiger charge is -2.36. The summed E-state index contributed by atoms with van der Waals surface area (Å²) in [4.78, 5) is 4.91. The first-order valence-electron chi connectivity index (χ1n) is 7.03. The van der Waals surface area contributed by atoms with Gasteiger partial charge in [-0.15, -0.1) is 0 Å². The number of piperazine rings is 1. The maximum Gasteiger partial charge on any atom is 0.0373 e. The molecule has 3 heteroatoms. The third-order valence-electron chi connectivity index (χ3n) is 3.92. The summed E-state index contributed by atoms with van der Waals surface area (Å²) in [6.07, 6.45) is 0. The molecule has 0 saturated carbocycles. The van der Waals surface area contributed by atoms with Crippen LogP contribution in [0, 0.1) is 0 Å². The molecule has 1 aliphatic rings. The fraction of sp³-hybridized carbons (Fsp3) is 0.375. The average molecular weight is 255 g/mol. The summed E-state index contributed by atoms with van der Waals surface area (Å²) in [5.74, 6) is 0. The Bertz CT molecular complexity index is 544. The molecule has 0 unspecified atom stereocenters. The van der Waals surface area contributed by atoms with Crippen molar-refractivity contribution in [2.45, 2.75) is 0 Å². The topological polar surface area (TPSA) is 32.5 Å². The predicted octanol–water partition coefficient (Wildman–Crippen LogP) is 1.92. The van der Waals surface area contributed by atoms with E-state index in [1.165, 1.54) is 16.5 Å². The molecular formula is C16H21N3. The molecule has 100 valence electrons. The van der Waals surface area contributed by atoms with Gasteiger partial charge < -0.3 is 10.6 Å². The molecule has 0 bridgehead atoms. The second kappa shape index (κ2) is 5.59. The lowest BCUT2D eigenvalue weighted by Crippen LogP contribution is -2.47. The highest BCUT2D eigenvalue weighted by Gasteiger charge is 2.16. The van der Waals surface area contributed by atoms with E-state index >= 15 is 0 Å². The van der Waals surface area contributed by atoms with E-state index in [9.17, 15) is 0 Å².